The number of hydrogen-bond acceptors (Lipinski definition) is 3. The Kier molecular flexibility index (Phi) is 4.56. The number of carbonyl (C=O) groups is 1. The SMILES string of the molecule is CC(OC(=O)Nc1ccccn1)C1CCCCC1. The van der Waals surface area contributed by atoms with Gasteiger partial charge in [-0.3, -0.25) is 5.32 Å². The maximum atomic E-state index is 11.7. The van der Waals surface area contributed by atoms with Crippen molar-refractivity contribution in [2.45, 2.75) is 45.1 Å². The van der Waals surface area contributed by atoms with Crippen LogP contribution in [-0.2, 0) is 4.74 Å². The van der Waals surface area contributed by atoms with Crippen molar-refractivity contribution >= 4 is 11.9 Å². The number of amides is 1. The van der Waals surface area contributed by atoms with Gasteiger partial charge in [-0.1, -0.05) is 25.3 Å². The Bertz CT molecular complexity index is 375. The summed E-state index contributed by atoms with van der Waals surface area (Å²) in [4.78, 5) is 15.7. The zero-order chi connectivity index (χ0) is 12.8. The van der Waals surface area contributed by atoms with Crippen molar-refractivity contribution in [1.82, 2.24) is 4.98 Å². The van der Waals surface area contributed by atoms with Gasteiger partial charge in [0.1, 0.15) is 11.9 Å². The van der Waals surface area contributed by atoms with Crippen LogP contribution in [0.3, 0.4) is 0 Å². The van der Waals surface area contributed by atoms with Gasteiger partial charge in [-0.25, -0.2) is 9.78 Å². The lowest BCUT2D eigenvalue weighted by Gasteiger charge is -2.27. The summed E-state index contributed by atoms with van der Waals surface area (Å²) in [7, 11) is 0. The number of anilines is 1. The summed E-state index contributed by atoms with van der Waals surface area (Å²) in [6.45, 7) is 1.98. The van der Waals surface area contributed by atoms with Gasteiger partial charge in [0.25, 0.3) is 0 Å². The molecule has 0 radical (unpaired) electrons. The van der Waals surface area contributed by atoms with Gasteiger partial charge in [0.15, 0.2) is 0 Å². The molecule has 1 unspecified atom stereocenters. The summed E-state index contributed by atoms with van der Waals surface area (Å²) < 4.78 is 5.40. The molecule has 1 aliphatic carbocycles. The van der Waals surface area contributed by atoms with E-state index in [2.05, 4.69) is 10.3 Å². The van der Waals surface area contributed by atoms with Gasteiger partial charge in [0.2, 0.25) is 0 Å². The fourth-order valence-corrected chi connectivity index (χ4v) is 2.44. The molecule has 2 rings (SSSR count). The minimum absolute atomic E-state index is 0.0194. The summed E-state index contributed by atoms with van der Waals surface area (Å²) in [5, 5.41) is 2.64. The van der Waals surface area contributed by atoms with Crippen molar-refractivity contribution < 1.29 is 9.53 Å². The maximum absolute atomic E-state index is 11.7. The Balaban J connectivity index is 1.79. The average Bonchev–Trinajstić information content (AvgIpc) is 2.40. The number of ether oxygens (including phenoxy) is 1. The van der Waals surface area contributed by atoms with E-state index in [1.54, 1.807) is 18.3 Å². The molecule has 18 heavy (non-hydrogen) atoms. The maximum Gasteiger partial charge on any atom is 0.413 e. The molecule has 0 saturated heterocycles. The van der Waals surface area contributed by atoms with Crippen LogP contribution in [0.25, 0.3) is 0 Å². The smallest absolute Gasteiger partial charge is 0.413 e. The van der Waals surface area contributed by atoms with Gasteiger partial charge in [0, 0.05) is 6.20 Å². The zero-order valence-corrected chi connectivity index (χ0v) is 10.8. The van der Waals surface area contributed by atoms with E-state index in [-0.39, 0.29) is 6.10 Å². The second kappa shape index (κ2) is 6.38. The lowest BCUT2D eigenvalue weighted by molar-refractivity contribution is 0.0690. The van der Waals surface area contributed by atoms with Crippen molar-refractivity contribution in [3.05, 3.63) is 24.4 Å². The number of pyridine rings is 1. The molecular weight excluding hydrogens is 228 g/mol. The van der Waals surface area contributed by atoms with Crippen LogP contribution in [0.5, 0.6) is 0 Å². The van der Waals surface area contributed by atoms with E-state index in [4.69, 9.17) is 4.74 Å². The second-order valence-corrected chi connectivity index (χ2v) is 4.85. The number of nitrogens with zero attached hydrogens (tertiary/aromatic N) is 1. The number of hydrogen-bond donors (Lipinski definition) is 1. The van der Waals surface area contributed by atoms with Crippen LogP contribution in [0.15, 0.2) is 24.4 Å². The van der Waals surface area contributed by atoms with Gasteiger partial charge in [-0.2, -0.15) is 0 Å². The van der Waals surface area contributed by atoms with E-state index in [0.29, 0.717) is 11.7 Å². The molecular formula is C14H20N2O2. The van der Waals surface area contributed by atoms with Crippen LogP contribution < -0.4 is 5.32 Å². The van der Waals surface area contributed by atoms with E-state index < -0.39 is 6.09 Å². The number of carbonyl (C=O) groups excluding carboxylic acids is 1. The van der Waals surface area contributed by atoms with Crippen LogP contribution in [0.4, 0.5) is 10.6 Å². The Labute approximate surface area is 108 Å². The van der Waals surface area contributed by atoms with Crippen molar-refractivity contribution in [2.75, 3.05) is 5.32 Å². The highest BCUT2D eigenvalue weighted by Gasteiger charge is 2.23. The van der Waals surface area contributed by atoms with E-state index in [1.807, 2.05) is 13.0 Å². The largest absolute Gasteiger partial charge is 0.446 e. The molecule has 1 aromatic rings. The molecule has 98 valence electrons. The highest BCUT2D eigenvalue weighted by Crippen LogP contribution is 2.27. The monoisotopic (exact) mass is 248 g/mol. The Morgan fingerprint density at radius 3 is 2.83 bits per heavy atom. The first-order valence-corrected chi connectivity index (χ1v) is 6.64. The summed E-state index contributed by atoms with van der Waals surface area (Å²) in [6, 6.07) is 5.38. The van der Waals surface area contributed by atoms with Crippen molar-refractivity contribution in [1.29, 1.82) is 0 Å². The first kappa shape index (κ1) is 12.9. The standard InChI is InChI=1S/C14H20N2O2/c1-11(12-7-3-2-4-8-12)18-14(17)16-13-9-5-6-10-15-13/h5-6,9-12H,2-4,7-8H2,1H3,(H,15,16,17). The number of rotatable bonds is 3. The number of nitrogens with one attached hydrogen (secondary N) is 1. The molecule has 0 aliphatic heterocycles. The van der Waals surface area contributed by atoms with Crippen LogP contribution in [-0.4, -0.2) is 17.2 Å². The third-order valence-corrected chi connectivity index (χ3v) is 3.50. The Morgan fingerprint density at radius 1 is 1.39 bits per heavy atom. The van der Waals surface area contributed by atoms with E-state index in [1.165, 1.54) is 19.3 Å². The molecule has 1 atom stereocenters. The molecule has 0 spiro atoms. The van der Waals surface area contributed by atoms with Crippen LogP contribution in [0.2, 0.25) is 0 Å². The molecule has 1 saturated carbocycles. The normalized spacial score (nSPS) is 18.1. The second-order valence-electron chi connectivity index (χ2n) is 4.85. The van der Waals surface area contributed by atoms with Crippen molar-refractivity contribution in [3.8, 4) is 0 Å². The van der Waals surface area contributed by atoms with Crippen LogP contribution >= 0.6 is 0 Å². The topological polar surface area (TPSA) is 51.2 Å². The Hall–Kier alpha value is -1.58. The summed E-state index contributed by atoms with van der Waals surface area (Å²) >= 11 is 0. The Morgan fingerprint density at radius 2 is 2.17 bits per heavy atom. The van der Waals surface area contributed by atoms with Crippen LogP contribution in [0, 0.1) is 5.92 Å². The molecule has 4 nitrogen and oxygen atoms in total. The average molecular weight is 248 g/mol. The van der Waals surface area contributed by atoms with Crippen LogP contribution in [0.1, 0.15) is 39.0 Å². The quantitative estimate of drug-likeness (QED) is 0.889. The van der Waals surface area contributed by atoms with Crippen molar-refractivity contribution in [3.63, 3.8) is 0 Å². The van der Waals surface area contributed by atoms with E-state index in [0.717, 1.165) is 12.8 Å². The van der Waals surface area contributed by atoms with E-state index in [9.17, 15) is 4.79 Å². The molecule has 1 heterocycles. The van der Waals surface area contributed by atoms with Gasteiger partial charge in [0.05, 0.1) is 0 Å². The predicted octanol–water partition coefficient (Wildman–Crippen LogP) is 3.60. The van der Waals surface area contributed by atoms with E-state index >= 15 is 0 Å². The van der Waals surface area contributed by atoms with Gasteiger partial charge >= 0.3 is 6.09 Å². The number of aromatic nitrogens is 1. The molecule has 4 heteroatoms. The summed E-state index contributed by atoms with van der Waals surface area (Å²) in [6.07, 6.45) is 7.35. The lowest BCUT2D eigenvalue weighted by Crippen LogP contribution is -2.28. The summed E-state index contributed by atoms with van der Waals surface area (Å²) in [5.41, 5.74) is 0. The molecule has 1 aliphatic rings. The fraction of sp³-hybridized carbons (Fsp3) is 0.571. The van der Waals surface area contributed by atoms with Gasteiger partial charge < -0.3 is 4.74 Å². The third-order valence-electron chi connectivity index (χ3n) is 3.50. The molecule has 0 bridgehead atoms. The fourth-order valence-electron chi connectivity index (χ4n) is 2.44. The predicted molar refractivity (Wildman–Crippen MR) is 70.4 cm³/mol. The first-order valence-electron chi connectivity index (χ1n) is 6.64. The molecule has 1 N–H and O–H groups in total. The molecule has 0 aromatic carbocycles. The first-order chi connectivity index (χ1) is 8.75. The highest BCUT2D eigenvalue weighted by atomic mass is 16.6. The highest BCUT2D eigenvalue weighted by molar-refractivity contribution is 5.83. The minimum atomic E-state index is -0.410. The van der Waals surface area contributed by atoms with Gasteiger partial charge in [-0.05, 0) is 37.8 Å². The van der Waals surface area contributed by atoms with Crippen molar-refractivity contribution in [2.24, 2.45) is 5.92 Å². The minimum Gasteiger partial charge on any atom is -0.446 e. The molecule has 1 aromatic heterocycles. The summed E-state index contributed by atoms with van der Waals surface area (Å²) in [5.74, 6) is 1.03. The molecule has 1 amide bonds. The molecule has 1 fully saturated rings. The zero-order valence-electron chi connectivity index (χ0n) is 10.8. The third kappa shape index (κ3) is 3.72. The van der Waals surface area contributed by atoms with Gasteiger partial charge in [-0.15, -0.1) is 0 Å². The lowest BCUT2D eigenvalue weighted by atomic mass is 9.86.